The third kappa shape index (κ3) is 99.5. The highest BCUT2D eigenvalue weighted by Crippen LogP contribution is 2.05. The van der Waals surface area contributed by atoms with Crippen LogP contribution in [0, 0.1) is 0 Å². The van der Waals surface area contributed by atoms with Gasteiger partial charge < -0.3 is 133 Å². The van der Waals surface area contributed by atoms with Crippen molar-refractivity contribution in [2.24, 2.45) is 0 Å². The molecule has 0 saturated heterocycles. The summed E-state index contributed by atoms with van der Waals surface area (Å²) in [5, 5.41) is 2.77. The number of carbonyl (C=O) groups is 8. The van der Waals surface area contributed by atoms with E-state index in [0.29, 0.717) is 382 Å². The van der Waals surface area contributed by atoms with Crippen LogP contribution in [0.2, 0.25) is 0 Å². The smallest absolute Gasteiger partial charge is 0.234 e. The number of ether oxygens (including phenoxy) is 27. The fraction of sp³-hybridized carbons (Fsp3) is 0.904. The molecule has 0 aliphatic heterocycles. The summed E-state index contributed by atoms with van der Waals surface area (Å²) in [7, 11) is 0. The second kappa shape index (κ2) is 98.8. The fourth-order valence-electron chi connectivity index (χ4n) is 9.86. The Morgan fingerprint density at radius 1 is 0.192 bits per heavy atom. The van der Waals surface area contributed by atoms with Gasteiger partial charge in [0.1, 0.15) is 40.5 Å². The van der Waals surface area contributed by atoms with E-state index in [-0.39, 0.29) is 118 Å². The molecule has 1 N–H and O–H groups in total. The molecule has 37 heteroatoms. The topological polar surface area (TPSA) is 401 Å². The lowest BCUT2D eigenvalue weighted by Crippen LogP contribution is -2.43. The minimum atomic E-state index is -0.368. The Hall–Kier alpha value is -3.96. The molecule has 0 spiro atoms. The number of rotatable bonds is 107. The molecule has 120 heavy (non-hydrogen) atoms. The van der Waals surface area contributed by atoms with Crippen LogP contribution in [0.15, 0.2) is 0 Å². The van der Waals surface area contributed by atoms with Crippen molar-refractivity contribution in [2.75, 3.05) is 383 Å². The van der Waals surface area contributed by atoms with Crippen LogP contribution in [-0.2, 0) is 166 Å². The van der Waals surface area contributed by atoms with Crippen LogP contribution in [0.5, 0.6) is 0 Å². The van der Waals surface area contributed by atoms with Crippen LogP contribution in [0.3, 0.4) is 0 Å². The summed E-state index contributed by atoms with van der Waals surface area (Å²) in [6.45, 7) is 28.6. The van der Waals surface area contributed by atoms with E-state index in [0.717, 1.165) is 19.4 Å². The Bertz CT molecular complexity index is 2220. The zero-order valence-electron chi connectivity index (χ0n) is 73.1. The van der Waals surface area contributed by atoms with E-state index in [1.807, 2.05) is 0 Å². The lowest BCUT2D eigenvalue weighted by molar-refractivity contribution is -0.128. The summed E-state index contributed by atoms with van der Waals surface area (Å²) >= 11 is 0. The molecule has 0 bridgehead atoms. The summed E-state index contributed by atoms with van der Waals surface area (Å²) in [4.78, 5) is 97.6. The van der Waals surface area contributed by atoms with E-state index in [4.69, 9.17) is 128 Å². The maximum Gasteiger partial charge on any atom is 0.234 e. The molecule has 37 nitrogen and oxygen atoms in total. The molecule has 0 aromatic rings. The van der Waals surface area contributed by atoms with Crippen molar-refractivity contribution in [3.8, 4) is 0 Å². The van der Waals surface area contributed by atoms with Crippen molar-refractivity contribution < 1.29 is 166 Å². The fourth-order valence-corrected chi connectivity index (χ4v) is 9.86. The first kappa shape index (κ1) is 116. The van der Waals surface area contributed by atoms with Gasteiger partial charge in [-0.05, 0) is 52.4 Å². The number of hydrogen-bond donors (Lipinski definition) is 1. The van der Waals surface area contributed by atoms with Crippen LogP contribution in [0.4, 0.5) is 0 Å². The largest absolute Gasteiger partial charge is 0.381 e. The van der Waals surface area contributed by atoms with E-state index in [9.17, 15) is 38.4 Å². The minimum Gasteiger partial charge on any atom is -0.381 e. The molecular formula is C83H154N2O35. The van der Waals surface area contributed by atoms with Gasteiger partial charge in [-0.3, -0.25) is 43.3 Å². The Kier molecular flexibility index (Phi) is 95.6. The van der Waals surface area contributed by atoms with Gasteiger partial charge in [-0.2, -0.15) is 0 Å². The predicted octanol–water partition coefficient (Wildman–Crippen LogP) is 3.36. The highest BCUT2D eigenvalue weighted by Gasteiger charge is 2.19. The zero-order chi connectivity index (χ0) is 86.9. The van der Waals surface area contributed by atoms with Crippen LogP contribution < -0.4 is 5.32 Å². The SMILES string of the molecule is CCCOCCCC(=O)CCOCCOCCOCCOCCOCCOCCOCCOCCOCCOCCOCCOCCOCCOCCOCCOCCOCCOCCOCCOCCOCCOCCOCCOCCNC(=O)CN(CC(=O)CCCOCCCC(=O)CC(C)=O)CC(=O)CCCOCCCC(=O)CC(C)=O. The highest BCUT2D eigenvalue weighted by atomic mass is 16.6. The van der Waals surface area contributed by atoms with Gasteiger partial charge >= 0.3 is 0 Å². The normalized spacial score (nSPS) is 11.6. The predicted molar refractivity (Wildman–Crippen MR) is 438 cm³/mol. The molecule has 0 aromatic heterocycles. The standard InChI is InChI=1S/C83H154N2O35/c1-4-17-94-18-5-10-78(88)15-23-97-25-27-99-29-31-101-33-35-103-37-39-105-41-43-107-45-47-109-49-51-111-53-55-113-57-59-115-61-63-117-65-67-119-69-70-120-68-66-118-64-62-116-60-58-114-56-54-112-52-50-110-48-46-108-44-42-106-40-38-104-36-34-102-32-30-100-28-26-98-24-16-84-83(93)75-85(73-81(91)13-8-21-95-19-6-11-79(89)71-76(2)86)74-82(92)14-9-22-96-20-7-12-80(90)72-77(3)87/h4-75H2,1-3H3,(H,84,93). The number of carbonyl (C=O) groups excluding carboxylic acids is 8. The summed E-state index contributed by atoms with van der Waals surface area (Å²) in [5.74, 6) is -1.10. The molecule has 0 aliphatic carbocycles. The third-order valence-electron chi connectivity index (χ3n) is 15.8. The zero-order valence-corrected chi connectivity index (χ0v) is 73.1. The van der Waals surface area contributed by atoms with Crippen molar-refractivity contribution in [1.29, 1.82) is 0 Å². The number of nitrogens with zero attached hydrogens (tertiary/aromatic N) is 1. The molecule has 0 fully saturated rings. The molecule has 0 rings (SSSR count). The van der Waals surface area contributed by atoms with E-state index in [2.05, 4.69) is 12.2 Å². The molecule has 0 aliphatic rings. The number of Topliss-reactive ketones (excluding diaryl/α,β-unsaturated/α-hetero) is 7. The number of hydrogen-bond acceptors (Lipinski definition) is 36. The Morgan fingerprint density at radius 3 is 0.575 bits per heavy atom. The van der Waals surface area contributed by atoms with Crippen molar-refractivity contribution in [3.05, 3.63) is 0 Å². The summed E-state index contributed by atoms with van der Waals surface area (Å²) in [6, 6.07) is 0. The molecule has 706 valence electrons. The molecule has 1 amide bonds. The van der Waals surface area contributed by atoms with Crippen molar-refractivity contribution >= 4 is 46.4 Å². The molecular weight excluding hydrogens is 1580 g/mol. The second-order valence-corrected chi connectivity index (χ2v) is 26.7. The lowest BCUT2D eigenvalue weighted by Gasteiger charge is -2.20. The summed E-state index contributed by atoms with van der Waals surface area (Å²) < 4.78 is 149. The molecule has 0 unspecified atom stereocenters. The number of nitrogens with one attached hydrogen (secondary N) is 1. The maximum absolute atomic E-state index is 12.9. The first-order chi connectivity index (χ1) is 58.9. The highest BCUT2D eigenvalue weighted by molar-refractivity contribution is 5.98. The first-order valence-corrected chi connectivity index (χ1v) is 43.1. The minimum absolute atomic E-state index is 0.0828. The summed E-state index contributed by atoms with van der Waals surface area (Å²) in [6.07, 6.45) is 5.22. The van der Waals surface area contributed by atoms with Gasteiger partial charge in [0.25, 0.3) is 0 Å². The molecule has 0 saturated carbocycles. The van der Waals surface area contributed by atoms with Gasteiger partial charge in [0.15, 0.2) is 0 Å². The van der Waals surface area contributed by atoms with Gasteiger partial charge in [-0.1, -0.05) is 6.92 Å². The maximum atomic E-state index is 12.9. The van der Waals surface area contributed by atoms with Gasteiger partial charge in [0.05, 0.1) is 350 Å². The second-order valence-electron chi connectivity index (χ2n) is 26.7. The van der Waals surface area contributed by atoms with Crippen LogP contribution >= 0.6 is 0 Å². The Labute approximate surface area is 713 Å². The van der Waals surface area contributed by atoms with Gasteiger partial charge in [0.2, 0.25) is 5.91 Å². The van der Waals surface area contributed by atoms with Crippen LogP contribution in [0.25, 0.3) is 0 Å². The van der Waals surface area contributed by atoms with Gasteiger partial charge in [0, 0.05) is 84.7 Å². The average Bonchev–Trinajstić information content (AvgIpc) is 0.922. The number of amides is 1. The van der Waals surface area contributed by atoms with Crippen molar-refractivity contribution in [3.63, 3.8) is 0 Å². The Morgan fingerprint density at radius 2 is 0.367 bits per heavy atom. The van der Waals surface area contributed by atoms with Crippen LogP contribution in [-0.4, -0.2) is 434 Å². The molecule has 0 aromatic carbocycles. The van der Waals surface area contributed by atoms with E-state index >= 15 is 0 Å². The monoisotopic (exact) mass is 1740 g/mol. The third-order valence-corrected chi connectivity index (χ3v) is 15.8. The van der Waals surface area contributed by atoms with E-state index in [1.165, 1.54) is 18.7 Å². The molecule has 0 radical (unpaired) electrons. The molecule has 0 atom stereocenters. The van der Waals surface area contributed by atoms with Crippen molar-refractivity contribution in [1.82, 2.24) is 10.2 Å². The number of ketones is 7. The van der Waals surface area contributed by atoms with Gasteiger partial charge in [-0.25, -0.2) is 0 Å². The quantitative estimate of drug-likeness (QED) is 0.0673. The Balaban J connectivity index is 3.44. The van der Waals surface area contributed by atoms with Crippen molar-refractivity contribution in [2.45, 2.75) is 111 Å². The van der Waals surface area contributed by atoms with E-state index in [1.54, 1.807) is 0 Å². The average molecular weight is 1740 g/mol. The first-order valence-electron chi connectivity index (χ1n) is 43.1. The lowest BCUT2D eigenvalue weighted by atomic mass is 10.1. The van der Waals surface area contributed by atoms with Crippen LogP contribution in [0.1, 0.15) is 111 Å². The summed E-state index contributed by atoms with van der Waals surface area (Å²) in [5.41, 5.74) is 0. The van der Waals surface area contributed by atoms with E-state index < -0.39 is 0 Å². The van der Waals surface area contributed by atoms with Gasteiger partial charge in [-0.15, -0.1) is 0 Å². The molecule has 0 heterocycles.